The number of amides is 2. The molecule has 2 amide bonds. The van der Waals surface area contributed by atoms with Gasteiger partial charge in [0.15, 0.2) is 0 Å². The molecule has 2 saturated heterocycles. The predicted molar refractivity (Wildman–Crippen MR) is 58.7 cm³/mol. The molecule has 80 valence electrons. The highest BCUT2D eigenvalue weighted by atomic mass is 32.2. The van der Waals surface area contributed by atoms with Gasteiger partial charge in [-0.25, -0.2) is 4.79 Å². The van der Waals surface area contributed by atoms with Crippen molar-refractivity contribution in [3.63, 3.8) is 0 Å². The van der Waals surface area contributed by atoms with E-state index in [1.807, 2.05) is 16.7 Å². The van der Waals surface area contributed by atoms with E-state index in [-0.39, 0.29) is 6.03 Å². The molecule has 2 aliphatic rings. The molecule has 0 spiro atoms. The Morgan fingerprint density at radius 2 is 2.57 bits per heavy atom. The van der Waals surface area contributed by atoms with Crippen LogP contribution in [0.2, 0.25) is 0 Å². The lowest BCUT2D eigenvalue weighted by Gasteiger charge is -2.16. The van der Waals surface area contributed by atoms with Crippen LogP contribution >= 0.6 is 11.8 Å². The van der Waals surface area contributed by atoms with Crippen molar-refractivity contribution >= 4 is 17.8 Å². The zero-order valence-electron chi connectivity index (χ0n) is 8.29. The maximum atomic E-state index is 11.2. The average Bonchev–Trinajstić information content (AvgIpc) is 2.78. The van der Waals surface area contributed by atoms with Crippen LogP contribution in [0.15, 0.2) is 0 Å². The fraction of sp³-hybridized carbons (Fsp3) is 0.889. The zero-order chi connectivity index (χ0) is 9.80. The summed E-state index contributed by atoms with van der Waals surface area (Å²) in [5.74, 6) is 2.51. The van der Waals surface area contributed by atoms with Gasteiger partial charge in [0.25, 0.3) is 0 Å². The molecule has 2 aliphatic heterocycles. The van der Waals surface area contributed by atoms with Gasteiger partial charge in [0.2, 0.25) is 0 Å². The molecule has 0 saturated carbocycles. The van der Waals surface area contributed by atoms with Gasteiger partial charge in [-0.05, 0) is 12.2 Å². The smallest absolute Gasteiger partial charge is 0.317 e. The van der Waals surface area contributed by atoms with Crippen LogP contribution in [0.1, 0.15) is 6.42 Å². The van der Waals surface area contributed by atoms with Crippen molar-refractivity contribution in [3.05, 3.63) is 0 Å². The maximum Gasteiger partial charge on any atom is 0.317 e. The van der Waals surface area contributed by atoms with E-state index in [0.29, 0.717) is 6.04 Å². The summed E-state index contributed by atoms with van der Waals surface area (Å²) in [5, 5.41) is 6.29. The van der Waals surface area contributed by atoms with E-state index >= 15 is 0 Å². The Morgan fingerprint density at radius 1 is 1.64 bits per heavy atom. The van der Waals surface area contributed by atoms with E-state index in [0.717, 1.165) is 26.2 Å². The molecule has 0 aromatic rings. The van der Waals surface area contributed by atoms with Gasteiger partial charge in [0.05, 0.1) is 0 Å². The molecule has 1 unspecified atom stereocenters. The van der Waals surface area contributed by atoms with Crippen LogP contribution in [-0.4, -0.2) is 54.7 Å². The number of nitrogens with zero attached hydrogens (tertiary/aromatic N) is 1. The minimum Gasteiger partial charge on any atom is -0.336 e. The summed E-state index contributed by atoms with van der Waals surface area (Å²) in [6, 6.07) is 0.762. The lowest BCUT2D eigenvalue weighted by molar-refractivity contribution is 0.217. The molecule has 2 fully saturated rings. The van der Waals surface area contributed by atoms with Gasteiger partial charge in [-0.3, -0.25) is 0 Å². The van der Waals surface area contributed by atoms with Crippen molar-refractivity contribution in [2.24, 2.45) is 0 Å². The topological polar surface area (TPSA) is 44.4 Å². The molecular formula is C9H17N3OS. The van der Waals surface area contributed by atoms with E-state index in [1.165, 1.54) is 17.9 Å². The van der Waals surface area contributed by atoms with Crippen molar-refractivity contribution in [3.8, 4) is 0 Å². The largest absolute Gasteiger partial charge is 0.336 e. The molecule has 0 radical (unpaired) electrons. The molecule has 0 bridgehead atoms. The van der Waals surface area contributed by atoms with Gasteiger partial charge < -0.3 is 15.5 Å². The Morgan fingerprint density at radius 3 is 3.21 bits per heavy atom. The Bertz CT molecular complexity index is 206. The summed E-state index contributed by atoms with van der Waals surface area (Å²) in [6.45, 7) is 3.43. The standard InChI is InChI=1S/C9H17N3OS/c13-9-11-3-5-12(9)4-2-10-8-1-6-14-7-8/h8,10H,1-7H2,(H,11,13). The molecule has 2 heterocycles. The highest BCUT2D eigenvalue weighted by molar-refractivity contribution is 7.99. The number of carbonyl (C=O) groups excluding carboxylic acids is 1. The second-order valence-corrected chi connectivity index (χ2v) is 4.88. The van der Waals surface area contributed by atoms with E-state index < -0.39 is 0 Å². The van der Waals surface area contributed by atoms with Crippen LogP contribution in [0.25, 0.3) is 0 Å². The molecule has 0 aromatic heterocycles. The summed E-state index contributed by atoms with van der Waals surface area (Å²) in [7, 11) is 0. The summed E-state index contributed by atoms with van der Waals surface area (Å²) in [6.07, 6.45) is 1.27. The zero-order valence-corrected chi connectivity index (χ0v) is 9.11. The molecule has 0 aliphatic carbocycles. The molecule has 2 rings (SSSR count). The van der Waals surface area contributed by atoms with Crippen molar-refractivity contribution in [1.29, 1.82) is 0 Å². The van der Waals surface area contributed by atoms with Gasteiger partial charge in [-0.15, -0.1) is 0 Å². The number of hydrogen-bond acceptors (Lipinski definition) is 3. The van der Waals surface area contributed by atoms with E-state index in [1.54, 1.807) is 0 Å². The number of thioether (sulfide) groups is 1. The first kappa shape index (κ1) is 10.1. The second kappa shape index (κ2) is 4.89. The van der Waals surface area contributed by atoms with Gasteiger partial charge >= 0.3 is 6.03 Å². The molecule has 2 N–H and O–H groups in total. The first-order valence-corrected chi connectivity index (χ1v) is 6.35. The van der Waals surface area contributed by atoms with Crippen molar-refractivity contribution < 1.29 is 4.79 Å². The highest BCUT2D eigenvalue weighted by Crippen LogP contribution is 2.16. The van der Waals surface area contributed by atoms with E-state index in [9.17, 15) is 4.79 Å². The van der Waals surface area contributed by atoms with Crippen molar-refractivity contribution in [2.45, 2.75) is 12.5 Å². The fourth-order valence-electron chi connectivity index (χ4n) is 1.82. The van der Waals surface area contributed by atoms with Crippen LogP contribution in [-0.2, 0) is 0 Å². The Kier molecular flexibility index (Phi) is 3.53. The molecule has 14 heavy (non-hydrogen) atoms. The summed E-state index contributed by atoms with van der Waals surface area (Å²) in [4.78, 5) is 13.1. The fourth-order valence-corrected chi connectivity index (χ4v) is 3.01. The van der Waals surface area contributed by atoms with Crippen molar-refractivity contribution in [1.82, 2.24) is 15.5 Å². The normalized spacial score (nSPS) is 27.0. The first-order valence-electron chi connectivity index (χ1n) is 5.20. The van der Waals surface area contributed by atoms with Crippen molar-refractivity contribution in [2.75, 3.05) is 37.7 Å². The number of rotatable bonds is 4. The molecule has 1 atom stereocenters. The van der Waals surface area contributed by atoms with Crippen LogP contribution in [0.3, 0.4) is 0 Å². The van der Waals surface area contributed by atoms with Gasteiger partial charge in [0, 0.05) is 38.0 Å². The van der Waals surface area contributed by atoms with Crippen LogP contribution in [0, 0.1) is 0 Å². The minimum absolute atomic E-state index is 0.0904. The van der Waals surface area contributed by atoms with Crippen LogP contribution in [0.5, 0.6) is 0 Å². The third-order valence-electron chi connectivity index (χ3n) is 2.69. The maximum absolute atomic E-state index is 11.2. The van der Waals surface area contributed by atoms with Crippen LogP contribution < -0.4 is 10.6 Å². The Labute approximate surface area is 88.8 Å². The number of hydrogen-bond donors (Lipinski definition) is 2. The SMILES string of the molecule is O=C1NCCN1CCNC1CCSC1. The summed E-state index contributed by atoms with van der Waals surface area (Å²) in [5.41, 5.74) is 0. The molecular weight excluding hydrogens is 198 g/mol. The summed E-state index contributed by atoms with van der Waals surface area (Å²) >= 11 is 2.01. The molecule has 5 heteroatoms. The predicted octanol–water partition coefficient (Wildman–Crippen LogP) is 0.107. The minimum atomic E-state index is 0.0904. The van der Waals surface area contributed by atoms with E-state index in [4.69, 9.17) is 0 Å². The Balaban J connectivity index is 1.60. The number of urea groups is 1. The lowest BCUT2D eigenvalue weighted by atomic mass is 10.2. The number of nitrogens with one attached hydrogen (secondary N) is 2. The molecule has 4 nitrogen and oxygen atoms in total. The van der Waals surface area contributed by atoms with Gasteiger partial charge in [0.1, 0.15) is 0 Å². The third kappa shape index (κ3) is 2.54. The quantitative estimate of drug-likeness (QED) is 0.699. The van der Waals surface area contributed by atoms with Gasteiger partial charge in [-0.2, -0.15) is 11.8 Å². The third-order valence-corrected chi connectivity index (χ3v) is 3.85. The van der Waals surface area contributed by atoms with Gasteiger partial charge in [-0.1, -0.05) is 0 Å². The number of carbonyl (C=O) groups is 1. The van der Waals surface area contributed by atoms with E-state index in [2.05, 4.69) is 10.6 Å². The lowest BCUT2D eigenvalue weighted by Crippen LogP contribution is -2.38. The Hall–Kier alpha value is -0.420. The first-order chi connectivity index (χ1) is 6.86. The monoisotopic (exact) mass is 215 g/mol. The second-order valence-electron chi connectivity index (χ2n) is 3.73. The summed E-state index contributed by atoms with van der Waals surface area (Å²) < 4.78 is 0. The molecule has 0 aromatic carbocycles. The van der Waals surface area contributed by atoms with Crippen LogP contribution in [0.4, 0.5) is 4.79 Å². The average molecular weight is 215 g/mol. The highest BCUT2D eigenvalue weighted by Gasteiger charge is 2.19.